The number of carbonyl (C=O) groups is 1. The molecule has 220 valence electrons. The van der Waals surface area contributed by atoms with Crippen molar-refractivity contribution < 1.29 is 23.4 Å². The summed E-state index contributed by atoms with van der Waals surface area (Å²) >= 11 is 0. The molecule has 12 heteroatoms. The van der Waals surface area contributed by atoms with Crippen molar-refractivity contribution in [2.75, 3.05) is 44.2 Å². The van der Waals surface area contributed by atoms with E-state index in [1.807, 2.05) is 46.8 Å². The summed E-state index contributed by atoms with van der Waals surface area (Å²) in [4.78, 5) is 30.1. The molecule has 6 rings (SSSR count). The number of amides is 1. The molecule has 11 nitrogen and oxygen atoms in total. The molecule has 0 saturated carbocycles. The number of rotatable bonds is 10. The maximum atomic E-state index is 13.9. The summed E-state index contributed by atoms with van der Waals surface area (Å²) in [6, 6.07) is 21.1. The molecule has 1 aliphatic heterocycles. The van der Waals surface area contributed by atoms with Gasteiger partial charge >= 0.3 is 6.09 Å². The summed E-state index contributed by atoms with van der Waals surface area (Å²) in [5.74, 6) is 2.56. The van der Waals surface area contributed by atoms with Gasteiger partial charge in [0.1, 0.15) is 11.6 Å². The van der Waals surface area contributed by atoms with Crippen molar-refractivity contribution in [2.45, 2.75) is 13.1 Å². The second-order valence-corrected chi connectivity index (χ2v) is 10.1. The van der Waals surface area contributed by atoms with E-state index in [4.69, 9.17) is 24.2 Å². The Morgan fingerprint density at radius 1 is 0.977 bits per heavy atom. The van der Waals surface area contributed by atoms with Gasteiger partial charge in [-0.15, -0.1) is 0 Å². The van der Waals surface area contributed by atoms with E-state index in [-0.39, 0.29) is 12.6 Å². The van der Waals surface area contributed by atoms with Crippen molar-refractivity contribution in [1.82, 2.24) is 24.4 Å². The first-order chi connectivity index (χ1) is 20.9. The molecule has 2 aromatic heterocycles. The average molecular weight is 584 g/mol. The van der Waals surface area contributed by atoms with Gasteiger partial charge in [0.2, 0.25) is 12.7 Å². The number of nitrogens with one attached hydrogen (secondary N) is 1. The number of anilines is 2. The zero-order valence-corrected chi connectivity index (χ0v) is 23.7. The van der Waals surface area contributed by atoms with E-state index in [9.17, 15) is 9.18 Å². The fourth-order valence-electron chi connectivity index (χ4n) is 4.57. The quantitative estimate of drug-likeness (QED) is 0.245. The zero-order chi connectivity index (χ0) is 29.8. The van der Waals surface area contributed by atoms with Gasteiger partial charge in [-0.2, -0.15) is 9.97 Å². The standard InChI is InChI=1S/C31H30FN7O4/c1-37(13-14-38(2)31(40)43-24-9-4-3-5-10-24)30-35-28(33-17-21-11-12-25-26(16-21)42-20-41-25)27-29(36-30)39(19-34-27)18-22-7-6-8-23(32)15-22/h3-12,15-16,19H,13-14,17-18,20H2,1-2H3,(H,33,35,36). The van der Waals surface area contributed by atoms with Crippen molar-refractivity contribution in [2.24, 2.45) is 0 Å². The molecule has 0 aliphatic carbocycles. The fourth-order valence-corrected chi connectivity index (χ4v) is 4.57. The minimum atomic E-state index is -0.463. The molecule has 0 fully saturated rings. The van der Waals surface area contributed by atoms with Crippen molar-refractivity contribution in [3.63, 3.8) is 0 Å². The normalized spacial score (nSPS) is 11.9. The van der Waals surface area contributed by atoms with Crippen LogP contribution in [0.15, 0.2) is 79.1 Å². The lowest BCUT2D eigenvalue weighted by Crippen LogP contribution is -2.37. The van der Waals surface area contributed by atoms with E-state index in [2.05, 4.69) is 10.3 Å². The van der Waals surface area contributed by atoms with Gasteiger partial charge in [0.05, 0.1) is 12.9 Å². The summed E-state index contributed by atoms with van der Waals surface area (Å²) in [6.45, 7) is 1.84. The minimum Gasteiger partial charge on any atom is -0.454 e. The Kier molecular flexibility index (Phi) is 7.90. The van der Waals surface area contributed by atoms with E-state index in [1.165, 1.54) is 17.0 Å². The molecule has 0 bridgehead atoms. The molecule has 1 amide bonds. The third kappa shape index (κ3) is 6.43. The maximum absolute atomic E-state index is 13.9. The van der Waals surface area contributed by atoms with Crippen LogP contribution in [0.5, 0.6) is 17.2 Å². The second kappa shape index (κ2) is 12.2. The van der Waals surface area contributed by atoms with Crippen LogP contribution in [0.4, 0.5) is 21.0 Å². The van der Waals surface area contributed by atoms with Crippen LogP contribution in [0.25, 0.3) is 11.2 Å². The van der Waals surface area contributed by atoms with Crippen molar-refractivity contribution in [3.8, 4) is 17.2 Å². The molecule has 1 aliphatic rings. The van der Waals surface area contributed by atoms with Crippen LogP contribution < -0.4 is 24.4 Å². The van der Waals surface area contributed by atoms with Gasteiger partial charge in [-0.3, -0.25) is 0 Å². The second-order valence-electron chi connectivity index (χ2n) is 10.1. The molecular formula is C31H30FN7O4. The highest BCUT2D eigenvalue weighted by atomic mass is 19.1. The predicted octanol–water partition coefficient (Wildman–Crippen LogP) is 4.92. The molecule has 0 atom stereocenters. The number of hydrogen-bond donors (Lipinski definition) is 1. The highest BCUT2D eigenvalue weighted by molar-refractivity contribution is 5.84. The van der Waals surface area contributed by atoms with Gasteiger partial charge in [0, 0.05) is 33.7 Å². The zero-order valence-electron chi connectivity index (χ0n) is 23.7. The fraction of sp³-hybridized carbons (Fsp3) is 0.226. The third-order valence-corrected chi connectivity index (χ3v) is 6.96. The molecule has 0 saturated heterocycles. The molecule has 0 spiro atoms. The number of carbonyl (C=O) groups excluding carboxylic acids is 1. The number of benzene rings is 3. The maximum Gasteiger partial charge on any atom is 0.415 e. The first-order valence-electron chi connectivity index (χ1n) is 13.7. The van der Waals surface area contributed by atoms with Crippen LogP contribution in [0.3, 0.4) is 0 Å². The highest BCUT2D eigenvalue weighted by Crippen LogP contribution is 2.33. The Labute approximate surface area is 247 Å². The summed E-state index contributed by atoms with van der Waals surface area (Å²) in [5.41, 5.74) is 2.92. The summed E-state index contributed by atoms with van der Waals surface area (Å²) in [5, 5.41) is 3.39. The first kappa shape index (κ1) is 27.8. The number of fused-ring (bicyclic) bond motifs is 2. The molecule has 3 aromatic carbocycles. The number of imidazole rings is 1. The summed E-state index contributed by atoms with van der Waals surface area (Å²) in [6.07, 6.45) is 1.21. The van der Waals surface area contributed by atoms with Crippen LogP contribution in [0, 0.1) is 5.82 Å². The third-order valence-electron chi connectivity index (χ3n) is 6.96. The van der Waals surface area contributed by atoms with Gasteiger partial charge in [0.25, 0.3) is 0 Å². The largest absolute Gasteiger partial charge is 0.454 e. The minimum absolute atomic E-state index is 0.205. The molecule has 5 aromatic rings. The first-order valence-corrected chi connectivity index (χ1v) is 13.7. The van der Waals surface area contributed by atoms with Gasteiger partial charge in [0.15, 0.2) is 28.5 Å². The van der Waals surface area contributed by atoms with Crippen LogP contribution in [0.2, 0.25) is 0 Å². The topological polar surface area (TPSA) is 107 Å². The number of aromatic nitrogens is 4. The number of ether oxygens (including phenoxy) is 3. The molecule has 0 unspecified atom stereocenters. The van der Waals surface area contributed by atoms with E-state index < -0.39 is 6.09 Å². The predicted molar refractivity (Wildman–Crippen MR) is 159 cm³/mol. The monoisotopic (exact) mass is 583 g/mol. The average Bonchev–Trinajstić information content (AvgIpc) is 3.65. The van der Waals surface area contributed by atoms with E-state index >= 15 is 0 Å². The molecule has 3 heterocycles. The van der Waals surface area contributed by atoms with Gasteiger partial charge in [-0.25, -0.2) is 14.2 Å². The van der Waals surface area contributed by atoms with Crippen LogP contribution >= 0.6 is 0 Å². The summed E-state index contributed by atoms with van der Waals surface area (Å²) in [7, 11) is 3.53. The Hall–Kier alpha value is -5.39. The van der Waals surface area contributed by atoms with E-state index in [0.29, 0.717) is 66.4 Å². The lowest BCUT2D eigenvalue weighted by atomic mass is 10.2. The Morgan fingerprint density at radius 2 is 1.81 bits per heavy atom. The van der Waals surface area contributed by atoms with Gasteiger partial charge in [-0.1, -0.05) is 36.4 Å². The lowest BCUT2D eigenvalue weighted by molar-refractivity contribution is 0.164. The number of nitrogens with zero attached hydrogens (tertiary/aromatic N) is 6. The lowest BCUT2D eigenvalue weighted by Gasteiger charge is -2.22. The van der Waals surface area contributed by atoms with Gasteiger partial charge in [-0.05, 0) is 47.5 Å². The smallest absolute Gasteiger partial charge is 0.415 e. The molecule has 43 heavy (non-hydrogen) atoms. The Balaban J connectivity index is 1.23. The molecular weight excluding hydrogens is 553 g/mol. The number of halogens is 1. The van der Waals surface area contributed by atoms with E-state index in [0.717, 1.165) is 11.1 Å². The SMILES string of the molecule is CN(CCN(C)c1nc(NCc2ccc3c(c2)OCO3)c2ncn(Cc3cccc(F)c3)c2n1)C(=O)Oc1ccccc1. The van der Waals surface area contributed by atoms with Crippen molar-refractivity contribution in [1.29, 1.82) is 0 Å². The van der Waals surface area contributed by atoms with Crippen LogP contribution in [-0.2, 0) is 13.1 Å². The Bertz CT molecular complexity index is 1750. The van der Waals surface area contributed by atoms with Crippen molar-refractivity contribution >= 4 is 29.0 Å². The highest BCUT2D eigenvalue weighted by Gasteiger charge is 2.19. The molecule has 0 radical (unpaired) electrons. The number of hydrogen-bond acceptors (Lipinski definition) is 9. The Morgan fingerprint density at radius 3 is 2.65 bits per heavy atom. The van der Waals surface area contributed by atoms with Crippen LogP contribution in [0.1, 0.15) is 11.1 Å². The van der Waals surface area contributed by atoms with E-state index in [1.54, 1.807) is 43.7 Å². The van der Waals surface area contributed by atoms with Crippen LogP contribution in [-0.4, -0.2) is 64.5 Å². The number of para-hydroxylation sites is 1. The van der Waals surface area contributed by atoms with Gasteiger partial charge < -0.3 is 33.9 Å². The number of likely N-dealkylation sites (N-methyl/N-ethyl adjacent to an activating group) is 2. The summed E-state index contributed by atoms with van der Waals surface area (Å²) < 4.78 is 32.1. The van der Waals surface area contributed by atoms with Crippen molar-refractivity contribution in [3.05, 3.63) is 96.1 Å². The molecule has 1 N–H and O–H groups in total.